The smallest absolute Gasteiger partial charge is 0.220 e. The Bertz CT molecular complexity index is 918. The minimum absolute atomic E-state index is 0.0594. The van der Waals surface area contributed by atoms with E-state index in [0.29, 0.717) is 30.3 Å². The van der Waals surface area contributed by atoms with Crippen LogP contribution in [0.2, 0.25) is 5.02 Å². The van der Waals surface area contributed by atoms with Crippen LogP contribution < -0.4 is 5.32 Å². The molecular formula is C21H21ClN2O2. The average molecular weight is 369 g/mol. The zero-order valence-electron chi connectivity index (χ0n) is 14.9. The van der Waals surface area contributed by atoms with E-state index >= 15 is 0 Å². The van der Waals surface area contributed by atoms with Gasteiger partial charge in [-0.2, -0.15) is 0 Å². The van der Waals surface area contributed by atoms with Crippen LogP contribution in [-0.4, -0.2) is 10.9 Å². The monoisotopic (exact) mass is 368 g/mol. The molecule has 3 rings (SSSR count). The summed E-state index contributed by atoms with van der Waals surface area (Å²) in [7, 11) is 0. The Labute approximate surface area is 158 Å². The van der Waals surface area contributed by atoms with E-state index in [2.05, 4.69) is 36.3 Å². The quantitative estimate of drug-likeness (QED) is 0.675. The first-order chi connectivity index (χ1) is 12.5. The summed E-state index contributed by atoms with van der Waals surface area (Å²) in [5.41, 5.74) is 4.34. The minimum Gasteiger partial charge on any atom is -0.441 e. The van der Waals surface area contributed by atoms with Crippen molar-refractivity contribution in [2.75, 3.05) is 0 Å². The highest BCUT2D eigenvalue weighted by Gasteiger charge is 2.10. The molecule has 1 heterocycles. The van der Waals surface area contributed by atoms with Gasteiger partial charge in [-0.15, -0.1) is 0 Å². The topological polar surface area (TPSA) is 55.1 Å². The number of carbonyl (C=O) groups excluding carboxylic acids is 1. The lowest BCUT2D eigenvalue weighted by Gasteiger charge is -2.06. The van der Waals surface area contributed by atoms with E-state index in [0.717, 1.165) is 16.9 Å². The van der Waals surface area contributed by atoms with Gasteiger partial charge in [-0.05, 0) is 42.7 Å². The summed E-state index contributed by atoms with van der Waals surface area (Å²) in [6.07, 6.45) is 2.48. The molecule has 0 spiro atoms. The van der Waals surface area contributed by atoms with Gasteiger partial charge in [-0.1, -0.05) is 41.9 Å². The molecule has 4 nitrogen and oxygen atoms in total. The SMILES string of the molecule is Cc1ccc(-c2cnc(CCC(=O)NCc3ccccc3Cl)o2)cc1C. The number of rotatable bonds is 6. The first-order valence-electron chi connectivity index (χ1n) is 8.55. The second-order valence-electron chi connectivity index (χ2n) is 6.29. The minimum atomic E-state index is -0.0594. The van der Waals surface area contributed by atoms with Gasteiger partial charge in [0.25, 0.3) is 0 Å². The van der Waals surface area contributed by atoms with Gasteiger partial charge < -0.3 is 9.73 Å². The summed E-state index contributed by atoms with van der Waals surface area (Å²) in [4.78, 5) is 16.3. The molecule has 5 heteroatoms. The lowest BCUT2D eigenvalue weighted by molar-refractivity contribution is -0.121. The molecule has 26 heavy (non-hydrogen) atoms. The molecule has 0 atom stereocenters. The predicted octanol–water partition coefficient (Wildman–Crippen LogP) is 4.86. The Kier molecular flexibility index (Phi) is 5.74. The van der Waals surface area contributed by atoms with Gasteiger partial charge in [0.05, 0.1) is 6.20 Å². The molecule has 1 amide bonds. The number of halogens is 1. The normalized spacial score (nSPS) is 10.7. The van der Waals surface area contributed by atoms with E-state index in [1.165, 1.54) is 11.1 Å². The molecule has 0 aliphatic carbocycles. The first-order valence-corrected chi connectivity index (χ1v) is 8.93. The van der Waals surface area contributed by atoms with Gasteiger partial charge in [-0.25, -0.2) is 4.98 Å². The molecule has 0 saturated carbocycles. The number of hydrogen-bond donors (Lipinski definition) is 1. The molecule has 1 aromatic heterocycles. The summed E-state index contributed by atoms with van der Waals surface area (Å²) in [6, 6.07) is 13.6. The second kappa shape index (κ2) is 8.19. The molecule has 0 radical (unpaired) electrons. The fraction of sp³-hybridized carbons (Fsp3) is 0.238. The maximum Gasteiger partial charge on any atom is 0.220 e. The van der Waals surface area contributed by atoms with E-state index in [4.69, 9.17) is 16.0 Å². The van der Waals surface area contributed by atoms with E-state index in [-0.39, 0.29) is 5.91 Å². The van der Waals surface area contributed by atoms with Gasteiger partial charge in [0, 0.05) is 30.0 Å². The number of oxazole rings is 1. The van der Waals surface area contributed by atoms with Crippen molar-refractivity contribution in [3.63, 3.8) is 0 Å². The fourth-order valence-electron chi connectivity index (χ4n) is 2.60. The number of carbonyl (C=O) groups is 1. The molecule has 134 valence electrons. The van der Waals surface area contributed by atoms with Crippen molar-refractivity contribution < 1.29 is 9.21 Å². The molecule has 3 aromatic rings. The van der Waals surface area contributed by atoms with Crippen LogP contribution in [0.4, 0.5) is 0 Å². The molecule has 0 aliphatic heterocycles. The molecule has 2 aromatic carbocycles. The van der Waals surface area contributed by atoms with Crippen LogP contribution in [0.15, 0.2) is 53.1 Å². The third-order valence-electron chi connectivity index (χ3n) is 4.34. The number of hydrogen-bond acceptors (Lipinski definition) is 3. The van der Waals surface area contributed by atoms with E-state index in [1.54, 1.807) is 6.20 Å². The van der Waals surface area contributed by atoms with Crippen molar-refractivity contribution in [2.24, 2.45) is 0 Å². The van der Waals surface area contributed by atoms with Crippen LogP contribution >= 0.6 is 11.6 Å². The van der Waals surface area contributed by atoms with Crippen molar-refractivity contribution in [1.29, 1.82) is 0 Å². The zero-order valence-corrected chi connectivity index (χ0v) is 15.6. The Balaban J connectivity index is 1.53. The van der Waals surface area contributed by atoms with Gasteiger partial charge in [-0.3, -0.25) is 4.79 Å². The summed E-state index contributed by atoms with van der Waals surface area (Å²) in [6.45, 7) is 4.56. The van der Waals surface area contributed by atoms with E-state index in [9.17, 15) is 4.79 Å². The summed E-state index contributed by atoms with van der Waals surface area (Å²) >= 11 is 6.09. The lowest BCUT2D eigenvalue weighted by Crippen LogP contribution is -2.23. The second-order valence-corrected chi connectivity index (χ2v) is 6.69. The number of amides is 1. The third kappa shape index (κ3) is 4.52. The van der Waals surface area contributed by atoms with Crippen LogP contribution in [0.5, 0.6) is 0 Å². The van der Waals surface area contributed by atoms with Gasteiger partial charge in [0.2, 0.25) is 5.91 Å². The number of aromatic nitrogens is 1. The van der Waals surface area contributed by atoms with Crippen LogP contribution in [0.25, 0.3) is 11.3 Å². The maximum absolute atomic E-state index is 12.0. The number of benzene rings is 2. The highest BCUT2D eigenvalue weighted by Crippen LogP contribution is 2.23. The Hall–Kier alpha value is -2.59. The van der Waals surface area contributed by atoms with Gasteiger partial charge >= 0.3 is 0 Å². The third-order valence-corrected chi connectivity index (χ3v) is 4.71. The average Bonchev–Trinajstić information content (AvgIpc) is 3.10. The summed E-state index contributed by atoms with van der Waals surface area (Å²) < 4.78 is 5.78. The predicted molar refractivity (Wildman–Crippen MR) is 103 cm³/mol. The van der Waals surface area contributed by atoms with Crippen molar-refractivity contribution in [1.82, 2.24) is 10.3 Å². The van der Waals surface area contributed by atoms with Crippen LogP contribution in [0, 0.1) is 13.8 Å². The highest BCUT2D eigenvalue weighted by molar-refractivity contribution is 6.31. The zero-order chi connectivity index (χ0) is 18.5. The van der Waals surface area contributed by atoms with E-state index < -0.39 is 0 Å². The Morgan fingerprint density at radius 3 is 2.73 bits per heavy atom. The fourth-order valence-corrected chi connectivity index (χ4v) is 2.80. The van der Waals surface area contributed by atoms with Crippen molar-refractivity contribution in [2.45, 2.75) is 33.2 Å². The lowest BCUT2D eigenvalue weighted by atomic mass is 10.1. The van der Waals surface area contributed by atoms with Crippen LogP contribution in [0.3, 0.4) is 0 Å². The number of nitrogens with zero attached hydrogens (tertiary/aromatic N) is 1. The number of nitrogens with one attached hydrogen (secondary N) is 1. The maximum atomic E-state index is 12.0. The van der Waals surface area contributed by atoms with Crippen molar-refractivity contribution >= 4 is 17.5 Å². The van der Waals surface area contributed by atoms with Gasteiger partial charge in [0.1, 0.15) is 0 Å². The van der Waals surface area contributed by atoms with Crippen molar-refractivity contribution in [3.05, 3.63) is 76.3 Å². The van der Waals surface area contributed by atoms with Crippen LogP contribution in [-0.2, 0) is 17.8 Å². The first kappa shape index (κ1) is 18.2. The Morgan fingerprint density at radius 1 is 1.15 bits per heavy atom. The summed E-state index contributed by atoms with van der Waals surface area (Å²) in [5.74, 6) is 1.22. The molecule has 0 unspecified atom stereocenters. The standard InChI is InChI=1S/C21H21ClN2O2/c1-14-7-8-16(11-15(14)2)19-13-24-21(26-19)10-9-20(25)23-12-17-5-3-4-6-18(17)22/h3-8,11,13H,9-10,12H2,1-2H3,(H,23,25). The molecule has 0 saturated heterocycles. The largest absolute Gasteiger partial charge is 0.441 e. The molecular weight excluding hydrogens is 348 g/mol. The highest BCUT2D eigenvalue weighted by atomic mass is 35.5. The summed E-state index contributed by atoms with van der Waals surface area (Å²) in [5, 5.41) is 3.52. The molecule has 0 fully saturated rings. The van der Waals surface area contributed by atoms with Gasteiger partial charge in [0.15, 0.2) is 11.7 Å². The Morgan fingerprint density at radius 2 is 1.96 bits per heavy atom. The number of aryl methyl sites for hydroxylation is 3. The van der Waals surface area contributed by atoms with Crippen molar-refractivity contribution in [3.8, 4) is 11.3 Å². The van der Waals surface area contributed by atoms with E-state index in [1.807, 2.05) is 30.3 Å². The molecule has 1 N–H and O–H groups in total. The molecule has 0 bridgehead atoms. The van der Waals surface area contributed by atoms with Crippen LogP contribution in [0.1, 0.15) is 29.0 Å². The molecule has 0 aliphatic rings.